The van der Waals surface area contributed by atoms with Crippen molar-refractivity contribution in [3.63, 3.8) is 0 Å². The van der Waals surface area contributed by atoms with Gasteiger partial charge < -0.3 is 9.88 Å². The number of para-hydroxylation sites is 1. The van der Waals surface area contributed by atoms with Crippen molar-refractivity contribution in [2.75, 3.05) is 5.32 Å². The predicted molar refractivity (Wildman–Crippen MR) is 143 cm³/mol. The van der Waals surface area contributed by atoms with Gasteiger partial charge in [-0.15, -0.1) is 0 Å². The number of nitrogens with one attached hydrogen (secondary N) is 1. The molecule has 0 fully saturated rings. The molecule has 5 heteroatoms. The zero-order valence-corrected chi connectivity index (χ0v) is 20.6. The van der Waals surface area contributed by atoms with Gasteiger partial charge in [-0.3, -0.25) is 4.79 Å². The van der Waals surface area contributed by atoms with Crippen molar-refractivity contribution >= 4 is 33.8 Å². The van der Waals surface area contributed by atoms with Crippen LogP contribution in [-0.2, 0) is 11.3 Å². The first-order valence-corrected chi connectivity index (χ1v) is 12.6. The number of aromatic nitrogens is 1. The summed E-state index contributed by atoms with van der Waals surface area (Å²) >= 11 is 1.64. The summed E-state index contributed by atoms with van der Waals surface area (Å²) in [4.78, 5) is 13.2. The maximum atomic E-state index is 13.4. The average molecular weight is 483 g/mol. The molecule has 3 nitrogen and oxygen atoms in total. The number of hydrogen-bond donors (Lipinski definition) is 1. The van der Waals surface area contributed by atoms with Crippen LogP contribution in [-0.4, -0.2) is 10.5 Å². The largest absolute Gasteiger partial charge is 0.343 e. The number of halogens is 1. The van der Waals surface area contributed by atoms with Crippen LogP contribution in [0.1, 0.15) is 40.2 Å². The molecule has 0 aliphatic rings. The average Bonchev–Trinajstić information content (AvgIpc) is 3.51. The van der Waals surface area contributed by atoms with Gasteiger partial charge in [0.2, 0.25) is 5.91 Å². The third-order valence-corrected chi connectivity index (χ3v) is 7.29. The Kier molecular flexibility index (Phi) is 6.51. The SMILES string of the molecule is Cc1ccc(NC(=O)CC(c2ccsc2)c2cn(Cc3ccc(F)cc3)c3ccccc23)cc1C. The lowest BCUT2D eigenvalue weighted by atomic mass is 9.89. The molecule has 2 heterocycles. The van der Waals surface area contributed by atoms with Crippen LogP contribution < -0.4 is 5.32 Å². The van der Waals surface area contributed by atoms with Crippen molar-refractivity contribution in [3.05, 3.63) is 123 Å². The highest BCUT2D eigenvalue weighted by Crippen LogP contribution is 2.36. The number of aryl methyl sites for hydroxylation is 2. The molecule has 0 aliphatic carbocycles. The second-order valence-electron chi connectivity index (χ2n) is 9.02. The second-order valence-corrected chi connectivity index (χ2v) is 9.80. The Morgan fingerprint density at radius 3 is 2.54 bits per heavy atom. The molecular formula is C30H27FN2OS. The summed E-state index contributed by atoms with van der Waals surface area (Å²) in [7, 11) is 0. The lowest BCUT2D eigenvalue weighted by Gasteiger charge is -2.16. The van der Waals surface area contributed by atoms with Crippen LogP contribution in [0.2, 0.25) is 0 Å². The molecule has 0 saturated carbocycles. The molecule has 0 bridgehead atoms. The van der Waals surface area contributed by atoms with E-state index in [2.05, 4.69) is 58.9 Å². The molecule has 1 unspecified atom stereocenters. The second kappa shape index (κ2) is 9.88. The normalized spacial score (nSPS) is 12.1. The van der Waals surface area contributed by atoms with Gasteiger partial charge in [0.1, 0.15) is 5.82 Å². The van der Waals surface area contributed by atoms with Crippen molar-refractivity contribution < 1.29 is 9.18 Å². The van der Waals surface area contributed by atoms with Crippen LogP contribution in [0, 0.1) is 19.7 Å². The molecule has 5 aromatic rings. The minimum Gasteiger partial charge on any atom is -0.343 e. The molecule has 35 heavy (non-hydrogen) atoms. The van der Waals surface area contributed by atoms with Gasteiger partial charge in [-0.2, -0.15) is 11.3 Å². The van der Waals surface area contributed by atoms with Gasteiger partial charge >= 0.3 is 0 Å². The molecule has 0 saturated heterocycles. The summed E-state index contributed by atoms with van der Waals surface area (Å²) in [6.07, 6.45) is 2.49. The highest BCUT2D eigenvalue weighted by atomic mass is 32.1. The van der Waals surface area contributed by atoms with Crippen molar-refractivity contribution in [2.24, 2.45) is 0 Å². The van der Waals surface area contributed by atoms with Crippen molar-refractivity contribution in [3.8, 4) is 0 Å². The summed E-state index contributed by atoms with van der Waals surface area (Å²) in [6.45, 7) is 4.75. The first kappa shape index (κ1) is 23.1. The van der Waals surface area contributed by atoms with Crippen molar-refractivity contribution in [2.45, 2.75) is 32.7 Å². The van der Waals surface area contributed by atoms with E-state index in [-0.39, 0.29) is 17.6 Å². The Balaban J connectivity index is 1.49. The Morgan fingerprint density at radius 1 is 1.00 bits per heavy atom. The third-order valence-electron chi connectivity index (χ3n) is 6.59. The number of anilines is 1. The standard InChI is InChI=1S/C30H27FN2OS/c1-20-7-12-25(15-21(20)2)32-30(34)16-27(23-13-14-35-19-23)28-18-33(29-6-4-3-5-26(28)29)17-22-8-10-24(31)11-9-22/h3-15,18-19,27H,16-17H2,1-2H3,(H,32,34). The van der Waals surface area contributed by atoms with Gasteiger partial charge in [-0.25, -0.2) is 4.39 Å². The smallest absolute Gasteiger partial charge is 0.225 e. The summed E-state index contributed by atoms with van der Waals surface area (Å²) in [5, 5.41) is 8.41. The highest BCUT2D eigenvalue weighted by Gasteiger charge is 2.23. The van der Waals surface area contributed by atoms with Crippen LogP contribution in [0.15, 0.2) is 89.8 Å². The van der Waals surface area contributed by atoms with Gasteiger partial charge in [0.25, 0.3) is 0 Å². The van der Waals surface area contributed by atoms with E-state index in [4.69, 9.17) is 0 Å². The molecule has 1 N–H and O–H groups in total. The molecule has 5 rings (SSSR count). The number of rotatable bonds is 7. The molecule has 2 aromatic heterocycles. The van der Waals surface area contributed by atoms with E-state index in [1.807, 2.05) is 42.5 Å². The highest BCUT2D eigenvalue weighted by molar-refractivity contribution is 7.08. The van der Waals surface area contributed by atoms with Gasteiger partial charge in [0, 0.05) is 41.7 Å². The summed E-state index contributed by atoms with van der Waals surface area (Å²) in [5.74, 6) is -0.328. The monoisotopic (exact) mass is 482 g/mol. The van der Waals surface area contributed by atoms with Crippen LogP contribution in [0.25, 0.3) is 10.9 Å². The Labute approximate surface area is 208 Å². The number of thiophene rings is 1. The number of fused-ring (bicyclic) bond motifs is 1. The van der Waals surface area contributed by atoms with E-state index in [9.17, 15) is 9.18 Å². The molecule has 0 aliphatic heterocycles. The van der Waals surface area contributed by atoms with E-state index >= 15 is 0 Å². The number of carbonyl (C=O) groups excluding carboxylic acids is 1. The lowest BCUT2D eigenvalue weighted by molar-refractivity contribution is -0.116. The molecule has 0 radical (unpaired) electrons. The van der Waals surface area contributed by atoms with Gasteiger partial charge in [-0.05, 0) is 88.8 Å². The quantitative estimate of drug-likeness (QED) is 0.254. The van der Waals surface area contributed by atoms with Crippen molar-refractivity contribution in [1.29, 1.82) is 0 Å². The predicted octanol–water partition coefficient (Wildman–Crippen LogP) is 7.67. The zero-order chi connectivity index (χ0) is 24.4. The number of nitrogens with zero attached hydrogens (tertiary/aromatic N) is 1. The molecule has 1 atom stereocenters. The van der Waals surface area contributed by atoms with Gasteiger partial charge in [0.05, 0.1) is 0 Å². The molecule has 0 spiro atoms. The first-order valence-electron chi connectivity index (χ1n) is 11.7. The molecule has 176 valence electrons. The Morgan fingerprint density at radius 2 is 1.80 bits per heavy atom. The van der Waals surface area contributed by atoms with Crippen LogP contribution >= 0.6 is 11.3 Å². The molecule has 3 aromatic carbocycles. The van der Waals surface area contributed by atoms with Crippen LogP contribution in [0.3, 0.4) is 0 Å². The number of amides is 1. The number of hydrogen-bond acceptors (Lipinski definition) is 2. The molecular weight excluding hydrogens is 455 g/mol. The van der Waals surface area contributed by atoms with E-state index in [1.54, 1.807) is 11.3 Å². The minimum absolute atomic E-state index is 0.0141. The van der Waals surface area contributed by atoms with E-state index in [0.717, 1.165) is 38.8 Å². The fourth-order valence-corrected chi connectivity index (χ4v) is 5.28. The minimum atomic E-state index is -0.237. The summed E-state index contributed by atoms with van der Waals surface area (Å²) < 4.78 is 15.6. The first-order chi connectivity index (χ1) is 17.0. The summed E-state index contributed by atoms with van der Waals surface area (Å²) in [5.41, 5.74) is 7.56. The zero-order valence-electron chi connectivity index (χ0n) is 19.8. The Hall–Kier alpha value is -3.70. The van der Waals surface area contributed by atoms with Gasteiger partial charge in [0.15, 0.2) is 0 Å². The Bertz CT molecular complexity index is 1470. The van der Waals surface area contributed by atoms with Crippen LogP contribution in [0.5, 0.6) is 0 Å². The fourth-order valence-electron chi connectivity index (χ4n) is 4.57. The summed E-state index contributed by atoms with van der Waals surface area (Å²) in [6, 6.07) is 23.0. The van der Waals surface area contributed by atoms with E-state index in [0.29, 0.717) is 13.0 Å². The topological polar surface area (TPSA) is 34.0 Å². The maximum Gasteiger partial charge on any atom is 0.225 e. The fraction of sp³-hybridized carbons (Fsp3) is 0.167. The molecule has 1 amide bonds. The van der Waals surface area contributed by atoms with Gasteiger partial charge in [-0.1, -0.05) is 36.4 Å². The maximum absolute atomic E-state index is 13.4. The van der Waals surface area contributed by atoms with E-state index in [1.165, 1.54) is 17.7 Å². The number of carbonyl (C=O) groups is 1. The lowest BCUT2D eigenvalue weighted by Crippen LogP contribution is -2.16. The van der Waals surface area contributed by atoms with Crippen LogP contribution in [0.4, 0.5) is 10.1 Å². The number of benzene rings is 3. The third kappa shape index (κ3) is 5.05. The van der Waals surface area contributed by atoms with E-state index < -0.39 is 0 Å². The van der Waals surface area contributed by atoms with Crippen molar-refractivity contribution in [1.82, 2.24) is 4.57 Å².